The third-order valence-electron chi connectivity index (χ3n) is 4.78. The van der Waals surface area contributed by atoms with Crippen LogP contribution in [-0.4, -0.2) is 26.6 Å². The number of ether oxygens (including phenoxy) is 1. The van der Waals surface area contributed by atoms with E-state index in [-0.39, 0.29) is 27.7 Å². The second-order valence-corrected chi connectivity index (χ2v) is 8.95. The molecule has 162 valence electrons. The number of amides is 1. The van der Waals surface area contributed by atoms with Crippen LogP contribution < -0.4 is 14.5 Å². The van der Waals surface area contributed by atoms with Crippen LogP contribution in [0.4, 0.5) is 5.69 Å². The summed E-state index contributed by atoms with van der Waals surface area (Å²) < 4.78 is 33.7. The summed E-state index contributed by atoms with van der Waals surface area (Å²) in [6.07, 6.45) is 0. The molecule has 0 saturated carbocycles. The lowest BCUT2D eigenvalue weighted by Crippen LogP contribution is -2.34. The van der Waals surface area contributed by atoms with Crippen molar-refractivity contribution >= 4 is 33.2 Å². The molecule has 0 atom stereocenters. The molecule has 0 spiro atoms. The van der Waals surface area contributed by atoms with Gasteiger partial charge in [-0.15, -0.1) is 0 Å². The largest absolute Gasteiger partial charge is 0.497 e. The molecule has 0 heterocycles. The molecule has 0 bridgehead atoms. The van der Waals surface area contributed by atoms with Gasteiger partial charge in [-0.1, -0.05) is 41.9 Å². The van der Waals surface area contributed by atoms with Crippen molar-refractivity contribution in [1.82, 2.24) is 5.48 Å². The minimum absolute atomic E-state index is 0.0129. The Kier molecular flexibility index (Phi) is 6.84. The van der Waals surface area contributed by atoms with Gasteiger partial charge in [0.2, 0.25) is 0 Å². The van der Waals surface area contributed by atoms with Gasteiger partial charge in [0, 0.05) is 5.02 Å². The van der Waals surface area contributed by atoms with E-state index in [1.165, 1.54) is 31.4 Å². The van der Waals surface area contributed by atoms with Gasteiger partial charge in [0.25, 0.3) is 15.9 Å². The molecule has 7 nitrogen and oxygen atoms in total. The summed E-state index contributed by atoms with van der Waals surface area (Å²) in [6, 6.07) is 17.8. The third-order valence-corrected chi connectivity index (χ3v) is 6.95. The van der Waals surface area contributed by atoms with E-state index >= 15 is 0 Å². The van der Waals surface area contributed by atoms with Gasteiger partial charge in [-0.2, -0.15) is 0 Å². The monoisotopic (exact) mass is 460 g/mol. The van der Waals surface area contributed by atoms with Crippen molar-refractivity contribution < 1.29 is 23.2 Å². The molecule has 3 rings (SSSR count). The SMILES string of the molecule is COc1ccc(S(=O)(=O)N(Cc2ccccc2)c2c(C(=O)NO)ccc(Cl)c2C)cc1. The number of methoxy groups -OCH3 is 1. The Labute approximate surface area is 185 Å². The number of benzene rings is 3. The van der Waals surface area contributed by atoms with Crippen molar-refractivity contribution in [2.24, 2.45) is 0 Å². The van der Waals surface area contributed by atoms with E-state index in [1.807, 2.05) is 6.07 Å². The molecule has 0 aromatic heterocycles. The summed E-state index contributed by atoms with van der Waals surface area (Å²) in [5.74, 6) is -0.342. The van der Waals surface area contributed by atoms with Crippen LogP contribution in [0.15, 0.2) is 71.6 Å². The van der Waals surface area contributed by atoms with Crippen molar-refractivity contribution in [2.75, 3.05) is 11.4 Å². The fourth-order valence-corrected chi connectivity index (χ4v) is 4.83. The number of halogens is 1. The Morgan fingerprint density at radius 3 is 2.29 bits per heavy atom. The average Bonchev–Trinajstić information content (AvgIpc) is 2.79. The zero-order chi connectivity index (χ0) is 22.6. The van der Waals surface area contributed by atoms with E-state index < -0.39 is 15.9 Å². The van der Waals surface area contributed by atoms with Gasteiger partial charge in [-0.25, -0.2) is 13.9 Å². The van der Waals surface area contributed by atoms with Crippen LogP contribution in [0.2, 0.25) is 5.02 Å². The van der Waals surface area contributed by atoms with Crippen molar-refractivity contribution in [3.05, 3.63) is 88.4 Å². The number of anilines is 1. The topological polar surface area (TPSA) is 95.9 Å². The van der Waals surface area contributed by atoms with Gasteiger partial charge >= 0.3 is 0 Å². The lowest BCUT2D eigenvalue weighted by atomic mass is 10.1. The Morgan fingerprint density at radius 2 is 1.71 bits per heavy atom. The molecule has 31 heavy (non-hydrogen) atoms. The highest BCUT2D eigenvalue weighted by molar-refractivity contribution is 7.92. The van der Waals surface area contributed by atoms with Crippen LogP contribution in [0.5, 0.6) is 5.75 Å². The van der Waals surface area contributed by atoms with E-state index in [1.54, 1.807) is 48.8 Å². The van der Waals surface area contributed by atoms with Gasteiger partial charge in [0.1, 0.15) is 5.75 Å². The van der Waals surface area contributed by atoms with Gasteiger partial charge in [-0.3, -0.25) is 14.3 Å². The van der Waals surface area contributed by atoms with E-state index in [0.29, 0.717) is 16.9 Å². The molecule has 0 saturated heterocycles. The first kappa shape index (κ1) is 22.6. The van der Waals surface area contributed by atoms with Gasteiger partial charge in [0.05, 0.1) is 29.8 Å². The molecule has 0 aliphatic heterocycles. The molecule has 0 radical (unpaired) electrons. The summed E-state index contributed by atoms with van der Waals surface area (Å²) in [4.78, 5) is 12.4. The van der Waals surface area contributed by atoms with E-state index in [4.69, 9.17) is 16.3 Å². The Morgan fingerprint density at radius 1 is 1.06 bits per heavy atom. The number of nitrogens with one attached hydrogen (secondary N) is 1. The fraction of sp³-hybridized carbons (Fsp3) is 0.136. The normalized spacial score (nSPS) is 11.1. The first-order valence-corrected chi connectivity index (χ1v) is 11.1. The molecule has 2 N–H and O–H groups in total. The molecule has 1 amide bonds. The molecule has 9 heteroatoms. The summed E-state index contributed by atoms with van der Waals surface area (Å²) in [7, 11) is -2.64. The van der Waals surface area contributed by atoms with Gasteiger partial charge < -0.3 is 4.74 Å². The second-order valence-electron chi connectivity index (χ2n) is 6.68. The first-order valence-electron chi connectivity index (χ1n) is 9.24. The van der Waals surface area contributed by atoms with Gasteiger partial charge in [0.15, 0.2) is 0 Å². The number of carbonyl (C=O) groups is 1. The zero-order valence-corrected chi connectivity index (χ0v) is 18.4. The molecular formula is C22H21ClN2O5S. The summed E-state index contributed by atoms with van der Waals surface area (Å²) in [6.45, 7) is 1.56. The van der Waals surface area contributed by atoms with Crippen molar-refractivity contribution in [1.29, 1.82) is 0 Å². The number of nitrogens with zero attached hydrogens (tertiary/aromatic N) is 1. The molecular weight excluding hydrogens is 440 g/mol. The summed E-state index contributed by atoms with van der Waals surface area (Å²) >= 11 is 6.28. The summed E-state index contributed by atoms with van der Waals surface area (Å²) in [5, 5.41) is 9.49. The molecule has 3 aromatic rings. The predicted octanol–water partition coefficient (Wildman–Crippen LogP) is 4.17. The van der Waals surface area contributed by atoms with Crippen LogP contribution >= 0.6 is 11.6 Å². The predicted molar refractivity (Wildman–Crippen MR) is 118 cm³/mol. The van der Waals surface area contributed by atoms with Crippen LogP contribution in [0.1, 0.15) is 21.5 Å². The molecule has 3 aromatic carbocycles. The molecule has 0 unspecified atom stereocenters. The molecule has 0 aliphatic carbocycles. The molecule has 0 fully saturated rings. The maximum absolute atomic E-state index is 13.7. The number of hydrogen-bond acceptors (Lipinski definition) is 5. The summed E-state index contributed by atoms with van der Waals surface area (Å²) in [5.41, 5.74) is 2.71. The lowest BCUT2D eigenvalue weighted by Gasteiger charge is -2.28. The van der Waals surface area contributed by atoms with Crippen molar-refractivity contribution in [3.63, 3.8) is 0 Å². The fourth-order valence-electron chi connectivity index (χ4n) is 3.15. The Hall–Kier alpha value is -3.07. The maximum atomic E-state index is 13.7. The minimum Gasteiger partial charge on any atom is -0.497 e. The standard InChI is InChI=1S/C22H21ClN2O5S/c1-15-20(23)13-12-19(22(26)24-27)21(15)25(14-16-6-4-3-5-7-16)31(28,29)18-10-8-17(30-2)9-11-18/h3-13,27H,14H2,1-2H3,(H,24,26). The maximum Gasteiger partial charge on any atom is 0.276 e. The van der Waals surface area contributed by atoms with Crippen LogP contribution in [0.25, 0.3) is 0 Å². The smallest absolute Gasteiger partial charge is 0.276 e. The quantitative estimate of drug-likeness (QED) is 0.407. The third kappa shape index (κ3) is 4.66. The van der Waals surface area contributed by atoms with Crippen molar-refractivity contribution in [2.45, 2.75) is 18.4 Å². The highest BCUT2D eigenvalue weighted by Crippen LogP contribution is 2.36. The first-order chi connectivity index (χ1) is 14.8. The highest BCUT2D eigenvalue weighted by atomic mass is 35.5. The number of hydroxylamine groups is 1. The number of hydrogen-bond donors (Lipinski definition) is 2. The highest BCUT2D eigenvalue weighted by Gasteiger charge is 2.31. The van der Waals surface area contributed by atoms with E-state index in [9.17, 15) is 18.4 Å². The minimum atomic E-state index is -4.12. The average molecular weight is 461 g/mol. The van der Waals surface area contributed by atoms with Crippen LogP contribution in [0, 0.1) is 6.92 Å². The van der Waals surface area contributed by atoms with Crippen LogP contribution in [-0.2, 0) is 16.6 Å². The lowest BCUT2D eigenvalue weighted by molar-refractivity contribution is 0.0707. The number of sulfonamides is 1. The zero-order valence-electron chi connectivity index (χ0n) is 16.9. The van der Waals surface area contributed by atoms with Crippen LogP contribution in [0.3, 0.4) is 0 Å². The van der Waals surface area contributed by atoms with Crippen molar-refractivity contribution in [3.8, 4) is 5.75 Å². The number of rotatable bonds is 7. The molecule has 0 aliphatic rings. The second kappa shape index (κ2) is 9.38. The van der Waals surface area contributed by atoms with E-state index in [0.717, 1.165) is 4.31 Å². The van der Waals surface area contributed by atoms with E-state index in [2.05, 4.69) is 0 Å². The number of carbonyl (C=O) groups excluding carboxylic acids is 1. The Bertz CT molecular complexity index is 1180. The Balaban J connectivity index is 2.25. The van der Waals surface area contributed by atoms with Gasteiger partial charge in [-0.05, 0) is 54.4 Å².